The molecule has 15 heavy (non-hydrogen) atoms. The van der Waals surface area contributed by atoms with Crippen LogP contribution in [0.2, 0.25) is 0 Å². The summed E-state index contributed by atoms with van der Waals surface area (Å²) in [7, 11) is 0. The first-order valence-corrected chi connectivity index (χ1v) is 5.17. The number of nitrogens with zero attached hydrogens (tertiary/aromatic N) is 1. The van der Waals surface area contributed by atoms with Crippen molar-refractivity contribution in [2.45, 2.75) is 12.8 Å². The van der Waals surface area contributed by atoms with Gasteiger partial charge in [-0.25, -0.2) is 4.98 Å². The van der Waals surface area contributed by atoms with Gasteiger partial charge in [0.15, 0.2) is 5.75 Å². The summed E-state index contributed by atoms with van der Waals surface area (Å²) in [5.74, 6) is 0.173. The molecule has 1 aromatic rings. The predicted octanol–water partition coefficient (Wildman–Crippen LogP) is 2.03. The van der Waals surface area contributed by atoms with Crippen molar-refractivity contribution < 1.29 is 13.9 Å². The lowest BCUT2D eigenvalue weighted by molar-refractivity contribution is 0.0490. The zero-order valence-electron chi connectivity index (χ0n) is 8.49. The highest BCUT2D eigenvalue weighted by Crippen LogP contribution is 2.18. The van der Waals surface area contributed by atoms with E-state index in [2.05, 4.69) is 4.98 Å². The molecule has 0 unspecified atom stereocenters. The van der Waals surface area contributed by atoms with Crippen molar-refractivity contribution in [1.82, 2.24) is 4.98 Å². The number of rotatable bonds is 3. The summed E-state index contributed by atoms with van der Waals surface area (Å²) in [6.07, 6.45) is 3.39. The molecule has 2 rings (SSSR count). The third kappa shape index (κ3) is 2.89. The lowest BCUT2D eigenvalue weighted by Gasteiger charge is -2.21. The lowest BCUT2D eigenvalue weighted by Crippen LogP contribution is -2.21. The average molecular weight is 211 g/mol. The van der Waals surface area contributed by atoms with E-state index < -0.39 is 5.95 Å². The SMILES string of the molecule is Fc1ncccc1OCC1CCOCC1. The van der Waals surface area contributed by atoms with Crippen LogP contribution < -0.4 is 4.74 Å². The zero-order valence-corrected chi connectivity index (χ0v) is 8.49. The Morgan fingerprint density at radius 2 is 2.27 bits per heavy atom. The van der Waals surface area contributed by atoms with Crippen LogP contribution in [0.25, 0.3) is 0 Å². The van der Waals surface area contributed by atoms with Gasteiger partial charge in [-0.05, 0) is 30.9 Å². The molecule has 0 spiro atoms. The Kier molecular flexibility index (Phi) is 3.50. The maximum absolute atomic E-state index is 13.1. The van der Waals surface area contributed by atoms with E-state index >= 15 is 0 Å². The molecule has 0 N–H and O–H groups in total. The summed E-state index contributed by atoms with van der Waals surface area (Å²) in [4.78, 5) is 3.53. The summed E-state index contributed by atoms with van der Waals surface area (Å²) < 4.78 is 23.7. The summed E-state index contributed by atoms with van der Waals surface area (Å²) in [6, 6.07) is 3.27. The minimum absolute atomic E-state index is 0.240. The first-order chi connectivity index (χ1) is 7.36. The Morgan fingerprint density at radius 1 is 1.47 bits per heavy atom. The van der Waals surface area contributed by atoms with Crippen LogP contribution in [0.15, 0.2) is 18.3 Å². The molecule has 0 aliphatic carbocycles. The third-order valence-electron chi connectivity index (χ3n) is 2.54. The normalized spacial score (nSPS) is 17.7. The summed E-state index contributed by atoms with van der Waals surface area (Å²) >= 11 is 0. The molecule has 0 amide bonds. The van der Waals surface area contributed by atoms with Gasteiger partial charge in [0.2, 0.25) is 0 Å². The van der Waals surface area contributed by atoms with E-state index in [0.717, 1.165) is 26.1 Å². The van der Waals surface area contributed by atoms with Crippen LogP contribution in [-0.2, 0) is 4.74 Å². The molecule has 0 saturated carbocycles. The number of halogens is 1. The minimum atomic E-state index is -0.537. The predicted molar refractivity (Wildman–Crippen MR) is 53.2 cm³/mol. The molecular formula is C11H14FNO2. The first-order valence-electron chi connectivity index (χ1n) is 5.17. The van der Waals surface area contributed by atoms with Crippen molar-refractivity contribution in [2.24, 2.45) is 5.92 Å². The number of hydrogen-bond acceptors (Lipinski definition) is 3. The summed E-state index contributed by atoms with van der Waals surface area (Å²) in [5.41, 5.74) is 0. The molecule has 2 heterocycles. The second kappa shape index (κ2) is 5.07. The first kappa shape index (κ1) is 10.4. The van der Waals surface area contributed by atoms with Gasteiger partial charge in [-0.15, -0.1) is 0 Å². The zero-order chi connectivity index (χ0) is 10.5. The smallest absolute Gasteiger partial charge is 0.255 e. The summed E-state index contributed by atoms with van der Waals surface area (Å²) in [5, 5.41) is 0. The fourth-order valence-electron chi connectivity index (χ4n) is 1.60. The molecule has 3 nitrogen and oxygen atoms in total. The minimum Gasteiger partial charge on any atom is -0.488 e. The Bertz CT molecular complexity index is 313. The van der Waals surface area contributed by atoms with Gasteiger partial charge in [0.25, 0.3) is 5.95 Å². The monoisotopic (exact) mass is 211 g/mol. The second-order valence-electron chi connectivity index (χ2n) is 3.66. The fraction of sp³-hybridized carbons (Fsp3) is 0.545. The largest absolute Gasteiger partial charge is 0.488 e. The van der Waals surface area contributed by atoms with E-state index in [1.165, 1.54) is 6.20 Å². The van der Waals surface area contributed by atoms with Gasteiger partial charge < -0.3 is 9.47 Å². The van der Waals surface area contributed by atoms with Crippen molar-refractivity contribution in [3.8, 4) is 5.75 Å². The van der Waals surface area contributed by atoms with Gasteiger partial charge in [-0.3, -0.25) is 0 Å². The Morgan fingerprint density at radius 3 is 3.00 bits per heavy atom. The van der Waals surface area contributed by atoms with Crippen LogP contribution in [0.1, 0.15) is 12.8 Å². The molecule has 0 atom stereocenters. The van der Waals surface area contributed by atoms with E-state index in [-0.39, 0.29) is 5.75 Å². The Labute approximate surface area is 88.2 Å². The maximum Gasteiger partial charge on any atom is 0.255 e. The highest BCUT2D eigenvalue weighted by atomic mass is 19.1. The van der Waals surface area contributed by atoms with Crippen LogP contribution in [0.5, 0.6) is 5.75 Å². The molecule has 0 bridgehead atoms. The van der Waals surface area contributed by atoms with Crippen LogP contribution >= 0.6 is 0 Å². The Hall–Kier alpha value is -1.16. The third-order valence-corrected chi connectivity index (χ3v) is 2.54. The molecule has 1 aliphatic rings. The van der Waals surface area contributed by atoms with E-state index in [1.54, 1.807) is 12.1 Å². The highest BCUT2D eigenvalue weighted by Gasteiger charge is 2.15. The van der Waals surface area contributed by atoms with Crippen LogP contribution in [0, 0.1) is 11.9 Å². The van der Waals surface area contributed by atoms with Gasteiger partial charge in [-0.2, -0.15) is 4.39 Å². The van der Waals surface area contributed by atoms with Crippen LogP contribution in [0.3, 0.4) is 0 Å². The number of hydrogen-bond donors (Lipinski definition) is 0. The summed E-state index contributed by atoms with van der Waals surface area (Å²) in [6.45, 7) is 2.11. The van der Waals surface area contributed by atoms with Gasteiger partial charge >= 0.3 is 0 Å². The van der Waals surface area contributed by atoms with E-state index in [1.807, 2.05) is 0 Å². The molecular weight excluding hydrogens is 197 g/mol. The van der Waals surface area contributed by atoms with Crippen molar-refractivity contribution >= 4 is 0 Å². The topological polar surface area (TPSA) is 31.4 Å². The van der Waals surface area contributed by atoms with Crippen LogP contribution in [0.4, 0.5) is 4.39 Å². The second-order valence-corrected chi connectivity index (χ2v) is 3.66. The van der Waals surface area contributed by atoms with Crippen LogP contribution in [-0.4, -0.2) is 24.8 Å². The Balaban J connectivity index is 1.84. The van der Waals surface area contributed by atoms with Crippen molar-refractivity contribution in [2.75, 3.05) is 19.8 Å². The molecule has 0 aromatic carbocycles. The average Bonchev–Trinajstić information content (AvgIpc) is 2.29. The highest BCUT2D eigenvalue weighted by molar-refractivity contribution is 5.17. The molecule has 1 aliphatic heterocycles. The maximum atomic E-state index is 13.1. The van der Waals surface area contributed by atoms with Crippen molar-refractivity contribution in [1.29, 1.82) is 0 Å². The van der Waals surface area contributed by atoms with Gasteiger partial charge in [0, 0.05) is 19.4 Å². The molecule has 82 valence electrons. The number of pyridine rings is 1. The van der Waals surface area contributed by atoms with Crippen molar-refractivity contribution in [3.05, 3.63) is 24.3 Å². The van der Waals surface area contributed by atoms with Gasteiger partial charge in [0.05, 0.1) is 6.61 Å². The number of aromatic nitrogens is 1. The number of ether oxygens (including phenoxy) is 2. The quantitative estimate of drug-likeness (QED) is 0.717. The van der Waals surface area contributed by atoms with Crippen molar-refractivity contribution in [3.63, 3.8) is 0 Å². The van der Waals surface area contributed by atoms with E-state index in [0.29, 0.717) is 12.5 Å². The fourth-order valence-corrected chi connectivity index (χ4v) is 1.60. The van der Waals surface area contributed by atoms with Gasteiger partial charge in [0.1, 0.15) is 0 Å². The molecule has 4 heteroatoms. The lowest BCUT2D eigenvalue weighted by atomic mass is 10.0. The van der Waals surface area contributed by atoms with E-state index in [9.17, 15) is 4.39 Å². The molecule has 1 fully saturated rings. The molecule has 0 radical (unpaired) electrons. The molecule has 1 aromatic heterocycles. The van der Waals surface area contributed by atoms with E-state index in [4.69, 9.17) is 9.47 Å². The molecule has 1 saturated heterocycles. The standard InChI is InChI=1S/C11H14FNO2/c12-11-10(2-1-5-13-11)15-8-9-3-6-14-7-4-9/h1-2,5,9H,3-4,6-8H2. The van der Waals surface area contributed by atoms with Gasteiger partial charge in [-0.1, -0.05) is 0 Å².